The first kappa shape index (κ1) is 17.3. The number of rotatable bonds is 4. The van der Waals surface area contributed by atoms with Crippen LogP contribution in [-0.4, -0.2) is 23.1 Å². The molecular weight excluding hydrogens is 372 g/mol. The minimum absolute atomic E-state index is 0.0939. The standard InChI is InChI=1S/C16H15ClO5S2/c1-23(18,19)14-7-8-15(17)16(10-14)24(20,21)22-13-6-5-11-3-2-4-12(11)9-13/h5-10H,2-4H2,1H3. The summed E-state index contributed by atoms with van der Waals surface area (Å²) in [6.07, 6.45) is 3.89. The van der Waals surface area contributed by atoms with Gasteiger partial charge in [-0.3, -0.25) is 0 Å². The zero-order valence-corrected chi connectivity index (χ0v) is 15.2. The molecule has 1 aliphatic carbocycles. The number of benzene rings is 2. The molecule has 2 aromatic rings. The molecule has 0 saturated carbocycles. The zero-order valence-electron chi connectivity index (χ0n) is 12.8. The number of halogens is 1. The summed E-state index contributed by atoms with van der Waals surface area (Å²) >= 11 is 5.94. The van der Waals surface area contributed by atoms with E-state index in [0.717, 1.165) is 37.1 Å². The smallest absolute Gasteiger partial charge is 0.340 e. The lowest BCUT2D eigenvalue weighted by Gasteiger charge is -2.11. The van der Waals surface area contributed by atoms with E-state index in [0.29, 0.717) is 0 Å². The number of hydrogen-bond donors (Lipinski definition) is 0. The highest BCUT2D eigenvalue weighted by Crippen LogP contribution is 2.30. The Morgan fingerprint density at radius 1 is 0.958 bits per heavy atom. The molecule has 5 nitrogen and oxygen atoms in total. The highest BCUT2D eigenvalue weighted by Gasteiger charge is 2.24. The molecule has 0 bridgehead atoms. The van der Waals surface area contributed by atoms with Crippen molar-refractivity contribution in [3.05, 3.63) is 52.5 Å². The molecule has 0 unspecified atom stereocenters. The molecular formula is C16H15ClO5S2. The summed E-state index contributed by atoms with van der Waals surface area (Å²) in [5.41, 5.74) is 2.26. The Morgan fingerprint density at radius 2 is 1.67 bits per heavy atom. The van der Waals surface area contributed by atoms with E-state index in [4.69, 9.17) is 15.8 Å². The first-order valence-electron chi connectivity index (χ1n) is 7.23. The number of hydrogen-bond acceptors (Lipinski definition) is 5. The van der Waals surface area contributed by atoms with Gasteiger partial charge in [0.2, 0.25) is 0 Å². The molecule has 0 saturated heterocycles. The van der Waals surface area contributed by atoms with E-state index >= 15 is 0 Å². The van der Waals surface area contributed by atoms with E-state index in [-0.39, 0.29) is 20.6 Å². The summed E-state index contributed by atoms with van der Waals surface area (Å²) in [6, 6.07) is 8.65. The second kappa shape index (κ2) is 6.06. The summed E-state index contributed by atoms with van der Waals surface area (Å²) in [5.74, 6) is 0.191. The van der Waals surface area contributed by atoms with Crippen LogP contribution in [0, 0.1) is 0 Å². The molecule has 8 heteroatoms. The third-order valence-corrected chi connectivity index (χ3v) is 6.72. The maximum Gasteiger partial charge on any atom is 0.340 e. The normalized spacial score (nSPS) is 14.4. The molecule has 0 spiro atoms. The molecule has 0 fully saturated rings. The van der Waals surface area contributed by atoms with Gasteiger partial charge in [-0.25, -0.2) is 8.42 Å². The van der Waals surface area contributed by atoms with Crippen LogP contribution < -0.4 is 4.18 Å². The van der Waals surface area contributed by atoms with Crippen LogP contribution in [0.1, 0.15) is 17.5 Å². The molecule has 0 aromatic heterocycles. The molecule has 128 valence electrons. The maximum absolute atomic E-state index is 12.5. The SMILES string of the molecule is CS(=O)(=O)c1ccc(Cl)c(S(=O)(=O)Oc2ccc3c(c2)CCC3)c1. The van der Waals surface area contributed by atoms with Crippen LogP contribution >= 0.6 is 11.6 Å². The van der Waals surface area contributed by atoms with E-state index < -0.39 is 20.0 Å². The van der Waals surface area contributed by atoms with Gasteiger partial charge in [0, 0.05) is 6.26 Å². The Balaban J connectivity index is 1.99. The lowest BCUT2D eigenvalue weighted by molar-refractivity contribution is 0.485. The van der Waals surface area contributed by atoms with Gasteiger partial charge in [-0.05, 0) is 60.7 Å². The summed E-state index contributed by atoms with van der Waals surface area (Å²) < 4.78 is 53.4. The zero-order chi connectivity index (χ0) is 17.5. The van der Waals surface area contributed by atoms with Crippen molar-refractivity contribution >= 4 is 31.6 Å². The van der Waals surface area contributed by atoms with E-state index in [1.165, 1.54) is 17.7 Å². The van der Waals surface area contributed by atoms with E-state index in [2.05, 4.69) is 0 Å². The van der Waals surface area contributed by atoms with Crippen LogP contribution in [0.5, 0.6) is 5.75 Å². The Bertz CT molecular complexity index is 1010. The Morgan fingerprint density at radius 3 is 2.38 bits per heavy atom. The van der Waals surface area contributed by atoms with E-state index in [1.807, 2.05) is 6.07 Å². The Labute approximate surface area is 146 Å². The predicted molar refractivity (Wildman–Crippen MR) is 90.8 cm³/mol. The van der Waals surface area contributed by atoms with Gasteiger partial charge in [-0.2, -0.15) is 8.42 Å². The second-order valence-electron chi connectivity index (χ2n) is 5.69. The molecule has 0 radical (unpaired) electrons. The average molecular weight is 387 g/mol. The third kappa shape index (κ3) is 3.43. The Kier molecular flexibility index (Phi) is 4.36. The van der Waals surface area contributed by atoms with Crippen molar-refractivity contribution in [1.29, 1.82) is 0 Å². The van der Waals surface area contributed by atoms with Gasteiger partial charge < -0.3 is 4.18 Å². The van der Waals surface area contributed by atoms with Gasteiger partial charge in [-0.1, -0.05) is 17.7 Å². The molecule has 24 heavy (non-hydrogen) atoms. The summed E-state index contributed by atoms with van der Waals surface area (Å²) in [4.78, 5) is -0.504. The van der Waals surface area contributed by atoms with Gasteiger partial charge in [-0.15, -0.1) is 0 Å². The highest BCUT2D eigenvalue weighted by atomic mass is 35.5. The number of fused-ring (bicyclic) bond motifs is 1. The van der Waals surface area contributed by atoms with Crippen LogP contribution in [0.4, 0.5) is 0 Å². The maximum atomic E-state index is 12.5. The summed E-state index contributed by atoms with van der Waals surface area (Å²) in [6.45, 7) is 0. The number of aryl methyl sites for hydroxylation is 2. The largest absolute Gasteiger partial charge is 0.379 e. The topological polar surface area (TPSA) is 77.5 Å². The molecule has 2 aromatic carbocycles. The fraction of sp³-hybridized carbons (Fsp3) is 0.250. The van der Waals surface area contributed by atoms with Gasteiger partial charge in [0.1, 0.15) is 10.6 Å². The second-order valence-corrected chi connectivity index (χ2v) is 9.62. The van der Waals surface area contributed by atoms with Crippen LogP contribution in [0.3, 0.4) is 0 Å². The van der Waals surface area contributed by atoms with Gasteiger partial charge >= 0.3 is 10.1 Å². The van der Waals surface area contributed by atoms with E-state index in [9.17, 15) is 16.8 Å². The first-order chi connectivity index (χ1) is 11.2. The summed E-state index contributed by atoms with van der Waals surface area (Å²) in [7, 11) is -7.80. The van der Waals surface area contributed by atoms with Crippen molar-refractivity contribution in [2.24, 2.45) is 0 Å². The average Bonchev–Trinajstić information content (AvgIpc) is 2.93. The van der Waals surface area contributed by atoms with Crippen LogP contribution in [-0.2, 0) is 32.8 Å². The van der Waals surface area contributed by atoms with Crippen LogP contribution in [0.25, 0.3) is 0 Å². The molecule has 0 heterocycles. The van der Waals surface area contributed by atoms with Crippen molar-refractivity contribution in [1.82, 2.24) is 0 Å². The van der Waals surface area contributed by atoms with Crippen molar-refractivity contribution in [2.45, 2.75) is 29.1 Å². The third-order valence-electron chi connectivity index (χ3n) is 3.88. The minimum atomic E-state index is -4.24. The quantitative estimate of drug-likeness (QED) is 0.755. The fourth-order valence-electron chi connectivity index (χ4n) is 2.68. The monoisotopic (exact) mass is 386 g/mol. The summed E-state index contributed by atoms with van der Waals surface area (Å²) in [5, 5.41) is -0.0939. The van der Waals surface area contributed by atoms with Crippen LogP contribution in [0.15, 0.2) is 46.2 Å². The predicted octanol–water partition coefficient (Wildman–Crippen LogP) is 3.00. The molecule has 0 aliphatic heterocycles. The molecule has 3 rings (SSSR count). The lowest BCUT2D eigenvalue weighted by atomic mass is 10.1. The first-order valence-corrected chi connectivity index (χ1v) is 10.9. The highest BCUT2D eigenvalue weighted by molar-refractivity contribution is 7.90. The van der Waals surface area contributed by atoms with Crippen molar-refractivity contribution in [3.8, 4) is 5.75 Å². The fourth-order valence-corrected chi connectivity index (χ4v) is 4.83. The number of sulfone groups is 1. The van der Waals surface area contributed by atoms with Gasteiger partial charge in [0.05, 0.1) is 9.92 Å². The lowest BCUT2D eigenvalue weighted by Crippen LogP contribution is -2.11. The van der Waals surface area contributed by atoms with Crippen molar-refractivity contribution in [2.75, 3.05) is 6.26 Å². The van der Waals surface area contributed by atoms with Gasteiger partial charge in [0.15, 0.2) is 9.84 Å². The van der Waals surface area contributed by atoms with Crippen molar-refractivity contribution < 1.29 is 21.0 Å². The molecule has 0 atom stereocenters. The Hall–Kier alpha value is -1.57. The van der Waals surface area contributed by atoms with Crippen LogP contribution in [0.2, 0.25) is 5.02 Å². The molecule has 1 aliphatic rings. The van der Waals surface area contributed by atoms with Gasteiger partial charge in [0.25, 0.3) is 0 Å². The molecule has 0 amide bonds. The van der Waals surface area contributed by atoms with Crippen molar-refractivity contribution in [3.63, 3.8) is 0 Å². The minimum Gasteiger partial charge on any atom is -0.379 e. The molecule has 0 N–H and O–H groups in total. The van der Waals surface area contributed by atoms with E-state index in [1.54, 1.807) is 12.1 Å².